The summed E-state index contributed by atoms with van der Waals surface area (Å²) in [5.74, 6) is 2.51. The van der Waals surface area contributed by atoms with Crippen LogP contribution in [0.4, 0.5) is 0 Å². The lowest BCUT2D eigenvalue weighted by molar-refractivity contribution is 0.224. The number of para-hydroxylation sites is 1. The van der Waals surface area contributed by atoms with Crippen LogP contribution in [0.3, 0.4) is 0 Å². The van der Waals surface area contributed by atoms with Gasteiger partial charge in [-0.15, -0.1) is 5.10 Å². The molecule has 1 saturated carbocycles. The summed E-state index contributed by atoms with van der Waals surface area (Å²) in [5, 5.41) is 15.7. The van der Waals surface area contributed by atoms with Gasteiger partial charge in [-0.05, 0) is 53.7 Å². The second kappa shape index (κ2) is 6.35. The summed E-state index contributed by atoms with van der Waals surface area (Å²) in [5.41, 5.74) is 1.00. The van der Waals surface area contributed by atoms with E-state index in [1.165, 1.54) is 19.3 Å². The monoisotopic (exact) mass is 285 g/mol. The Labute approximate surface area is 125 Å². The third-order valence-corrected chi connectivity index (χ3v) is 4.68. The molecule has 1 aromatic carbocycles. The van der Waals surface area contributed by atoms with Gasteiger partial charge in [0, 0.05) is 6.04 Å². The Hall–Kier alpha value is -1.75. The van der Waals surface area contributed by atoms with E-state index in [1.807, 2.05) is 35.0 Å². The van der Waals surface area contributed by atoms with Crippen LogP contribution in [-0.4, -0.2) is 26.2 Å². The van der Waals surface area contributed by atoms with Gasteiger partial charge >= 0.3 is 0 Å². The zero-order valence-electron chi connectivity index (χ0n) is 12.7. The van der Waals surface area contributed by atoms with Gasteiger partial charge in [0.2, 0.25) is 0 Å². The predicted molar refractivity (Wildman–Crippen MR) is 82.0 cm³/mol. The van der Waals surface area contributed by atoms with Crippen molar-refractivity contribution in [3.8, 4) is 5.69 Å². The number of tetrazole rings is 1. The van der Waals surface area contributed by atoms with E-state index in [4.69, 9.17) is 0 Å². The largest absolute Gasteiger partial charge is 0.307 e. The fourth-order valence-electron chi connectivity index (χ4n) is 3.05. The first-order chi connectivity index (χ1) is 10.2. The summed E-state index contributed by atoms with van der Waals surface area (Å²) in [4.78, 5) is 0. The van der Waals surface area contributed by atoms with Gasteiger partial charge in [0.25, 0.3) is 0 Å². The smallest absolute Gasteiger partial charge is 0.170 e. The van der Waals surface area contributed by atoms with Crippen molar-refractivity contribution in [2.75, 3.05) is 0 Å². The lowest BCUT2D eigenvalue weighted by atomic mass is 9.79. The molecule has 5 nitrogen and oxygen atoms in total. The second-order valence-electron chi connectivity index (χ2n) is 6.19. The average molecular weight is 285 g/mol. The van der Waals surface area contributed by atoms with Crippen molar-refractivity contribution in [2.45, 2.75) is 45.7 Å². The fourth-order valence-corrected chi connectivity index (χ4v) is 3.05. The molecule has 0 bridgehead atoms. The van der Waals surface area contributed by atoms with Gasteiger partial charge < -0.3 is 5.32 Å². The van der Waals surface area contributed by atoms with E-state index in [2.05, 4.69) is 34.7 Å². The van der Waals surface area contributed by atoms with Crippen molar-refractivity contribution in [3.05, 3.63) is 36.2 Å². The van der Waals surface area contributed by atoms with E-state index in [0.717, 1.165) is 23.3 Å². The molecule has 0 spiro atoms. The molecular weight excluding hydrogens is 262 g/mol. The number of nitrogens with one attached hydrogen (secondary N) is 1. The molecule has 0 aliphatic heterocycles. The summed E-state index contributed by atoms with van der Waals surface area (Å²) in [6.45, 7) is 5.43. The molecule has 0 radical (unpaired) electrons. The second-order valence-corrected chi connectivity index (χ2v) is 6.19. The summed E-state index contributed by atoms with van der Waals surface area (Å²) in [7, 11) is 0. The minimum absolute atomic E-state index is 0.581. The van der Waals surface area contributed by atoms with Crippen molar-refractivity contribution in [1.82, 2.24) is 25.5 Å². The maximum Gasteiger partial charge on any atom is 0.170 e. The molecule has 3 atom stereocenters. The molecule has 1 aliphatic rings. The normalized spacial score (nSPS) is 25.9. The van der Waals surface area contributed by atoms with Gasteiger partial charge in [0.1, 0.15) is 0 Å². The van der Waals surface area contributed by atoms with Crippen LogP contribution in [0.25, 0.3) is 5.69 Å². The summed E-state index contributed by atoms with van der Waals surface area (Å²) < 4.78 is 1.81. The van der Waals surface area contributed by atoms with Crippen LogP contribution in [-0.2, 0) is 6.54 Å². The highest BCUT2D eigenvalue weighted by Crippen LogP contribution is 2.29. The van der Waals surface area contributed by atoms with E-state index < -0.39 is 0 Å². The van der Waals surface area contributed by atoms with Crippen LogP contribution >= 0.6 is 0 Å². The number of hydrogen-bond donors (Lipinski definition) is 1. The molecular formula is C16H23N5. The standard InChI is InChI=1S/C16H23N5/c1-12-8-9-14(10-13(12)2)17-11-16-18-19-20-21(16)15-6-4-3-5-7-15/h3-7,12-14,17H,8-11H2,1-2H3. The number of nitrogens with zero attached hydrogens (tertiary/aromatic N) is 4. The van der Waals surface area contributed by atoms with Gasteiger partial charge in [-0.1, -0.05) is 32.0 Å². The van der Waals surface area contributed by atoms with Crippen LogP contribution in [0.15, 0.2) is 30.3 Å². The maximum absolute atomic E-state index is 4.15. The van der Waals surface area contributed by atoms with E-state index in [9.17, 15) is 0 Å². The molecule has 112 valence electrons. The summed E-state index contributed by atoms with van der Waals surface area (Å²) in [6.07, 6.45) is 3.80. The minimum atomic E-state index is 0.581. The highest BCUT2D eigenvalue weighted by Gasteiger charge is 2.24. The topological polar surface area (TPSA) is 55.6 Å². The molecule has 3 rings (SSSR count). The van der Waals surface area contributed by atoms with Crippen LogP contribution in [0, 0.1) is 11.8 Å². The van der Waals surface area contributed by atoms with Crippen molar-refractivity contribution in [1.29, 1.82) is 0 Å². The van der Waals surface area contributed by atoms with Crippen LogP contribution in [0.2, 0.25) is 0 Å². The lowest BCUT2D eigenvalue weighted by Crippen LogP contribution is -2.36. The summed E-state index contributed by atoms with van der Waals surface area (Å²) >= 11 is 0. The highest BCUT2D eigenvalue weighted by atomic mass is 15.5. The van der Waals surface area contributed by atoms with E-state index in [-0.39, 0.29) is 0 Å². The SMILES string of the molecule is CC1CCC(NCc2nnnn2-c2ccccc2)CC1C. The first kappa shape index (κ1) is 14.2. The third-order valence-electron chi connectivity index (χ3n) is 4.68. The Morgan fingerprint density at radius 3 is 2.71 bits per heavy atom. The molecule has 1 aliphatic carbocycles. The molecule has 21 heavy (non-hydrogen) atoms. The van der Waals surface area contributed by atoms with Crippen LogP contribution < -0.4 is 5.32 Å². The summed E-state index contributed by atoms with van der Waals surface area (Å²) in [6, 6.07) is 10.6. The molecule has 5 heteroatoms. The van der Waals surface area contributed by atoms with Gasteiger partial charge in [-0.3, -0.25) is 0 Å². The van der Waals surface area contributed by atoms with Crippen molar-refractivity contribution >= 4 is 0 Å². The van der Waals surface area contributed by atoms with Crippen LogP contribution in [0.5, 0.6) is 0 Å². The Balaban J connectivity index is 1.63. The predicted octanol–water partition coefficient (Wildman–Crippen LogP) is 2.58. The van der Waals surface area contributed by atoms with Gasteiger partial charge in [-0.25, -0.2) is 0 Å². The Bertz CT molecular complexity index is 565. The third kappa shape index (κ3) is 3.29. The van der Waals surface area contributed by atoms with Crippen molar-refractivity contribution in [3.63, 3.8) is 0 Å². The van der Waals surface area contributed by atoms with Gasteiger partial charge in [-0.2, -0.15) is 4.68 Å². The van der Waals surface area contributed by atoms with E-state index in [1.54, 1.807) is 0 Å². The highest BCUT2D eigenvalue weighted by molar-refractivity contribution is 5.30. The molecule has 1 aromatic heterocycles. The molecule has 1 N–H and O–H groups in total. The van der Waals surface area contributed by atoms with Crippen molar-refractivity contribution < 1.29 is 0 Å². The fraction of sp³-hybridized carbons (Fsp3) is 0.562. The van der Waals surface area contributed by atoms with E-state index >= 15 is 0 Å². The molecule has 2 aromatic rings. The van der Waals surface area contributed by atoms with Gasteiger partial charge in [0.05, 0.1) is 12.2 Å². The minimum Gasteiger partial charge on any atom is -0.307 e. The van der Waals surface area contributed by atoms with Gasteiger partial charge in [0.15, 0.2) is 5.82 Å². The number of benzene rings is 1. The molecule has 0 amide bonds. The molecule has 3 unspecified atom stereocenters. The maximum atomic E-state index is 4.15. The molecule has 1 fully saturated rings. The zero-order chi connectivity index (χ0) is 14.7. The number of hydrogen-bond acceptors (Lipinski definition) is 4. The lowest BCUT2D eigenvalue weighted by Gasteiger charge is -2.32. The van der Waals surface area contributed by atoms with E-state index in [0.29, 0.717) is 12.6 Å². The quantitative estimate of drug-likeness (QED) is 0.938. The number of aromatic nitrogens is 4. The Morgan fingerprint density at radius 2 is 1.95 bits per heavy atom. The number of rotatable bonds is 4. The first-order valence-electron chi connectivity index (χ1n) is 7.80. The van der Waals surface area contributed by atoms with Crippen LogP contribution in [0.1, 0.15) is 38.9 Å². The van der Waals surface area contributed by atoms with Crippen molar-refractivity contribution in [2.24, 2.45) is 11.8 Å². The Kier molecular flexibility index (Phi) is 4.29. The zero-order valence-corrected chi connectivity index (χ0v) is 12.7. The Morgan fingerprint density at radius 1 is 1.14 bits per heavy atom. The molecule has 0 saturated heterocycles. The molecule has 1 heterocycles. The first-order valence-corrected chi connectivity index (χ1v) is 7.80. The average Bonchev–Trinajstić information content (AvgIpc) is 2.98.